The minimum absolute atomic E-state index is 0.111. The van der Waals surface area contributed by atoms with Gasteiger partial charge >= 0.3 is 0 Å². The molecule has 2 aromatic carbocycles. The van der Waals surface area contributed by atoms with Gasteiger partial charge in [0.1, 0.15) is 0 Å². The molecule has 1 aliphatic rings. The first kappa shape index (κ1) is 15.3. The van der Waals surface area contributed by atoms with Crippen LogP contribution < -0.4 is 10.2 Å². The van der Waals surface area contributed by atoms with E-state index < -0.39 is 0 Å². The van der Waals surface area contributed by atoms with Crippen LogP contribution in [0.1, 0.15) is 34.0 Å². The summed E-state index contributed by atoms with van der Waals surface area (Å²) in [4.78, 5) is 26.1. The van der Waals surface area contributed by atoms with Gasteiger partial charge in [0.25, 0.3) is 5.91 Å². The molecular formula is C19H20N2O2. The average molecular weight is 308 g/mol. The van der Waals surface area contributed by atoms with Gasteiger partial charge in [0.15, 0.2) is 0 Å². The molecule has 1 N–H and O–H groups in total. The first-order valence-electron chi connectivity index (χ1n) is 7.81. The van der Waals surface area contributed by atoms with Gasteiger partial charge in [-0.15, -0.1) is 0 Å². The number of hydrogen-bond donors (Lipinski definition) is 1. The lowest BCUT2D eigenvalue weighted by atomic mass is 10.0. The third-order valence-electron chi connectivity index (χ3n) is 4.21. The molecule has 0 aliphatic carbocycles. The van der Waals surface area contributed by atoms with E-state index in [1.807, 2.05) is 57.2 Å². The Kier molecular flexibility index (Phi) is 3.90. The SMILES string of the molecule is CCN1C(=O)Cc2cc(NC(=O)c3ccc(C)cc3C)ccc21. The Morgan fingerprint density at radius 3 is 2.65 bits per heavy atom. The lowest BCUT2D eigenvalue weighted by Gasteiger charge is -2.15. The van der Waals surface area contributed by atoms with E-state index in [2.05, 4.69) is 5.32 Å². The van der Waals surface area contributed by atoms with E-state index in [4.69, 9.17) is 0 Å². The topological polar surface area (TPSA) is 49.4 Å². The van der Waals surface area contributed by atoms with Crippen molar-refractivity contribution in [3.8, 4) is 0 Å². The molecule has 23 heavy (non-hydrogen) atoms. The van der Waals surface area contributed by atoms with Gasteiger partial charge in [-0.05, 0) is 56.2 Å². The maximum Gasteiger partial charge on any atom is 0.255 e. The predicted molar refractivity (Wildman–Crippen MR) is 92.0 cm³/mol. The molecule has 0 aromatic heterocycles. The number of nitrogens with one attached hydrogen (secondary N) is 1. The summed E-state index contributed by atoms with van der Waals surface area (Å²) >= 11 is 0. The van der Waals surface area contributed by atoms with E-state index in [0.29, 0.717) is 18.5 Å². The number of rotatable bonds is 3. The highest BCUT2D eigenvalue weighted by molar-refractivity contribution is 6.06. The van der Waals surface area contributed by atoms with Crippen LogP contribution in [0.15, 0.2) is 36.4 Å². The number of benzene rings is 2. The Bertz CT molecular complexity index is 796. The number of nitrogens with zero attached hydrogens (tertiary/aromatic N) is 1. The zero-order chi connectivity index (χ0) is 16.6. The highest BCUT2D eigenvalue weighted by Gasteiger charge is 2.26. The number of likely N-dealkylation sites (N-methyl/N-ethyl adjacent to an activating group) is 1. The Morgan fingerprint density at radius 1 is 1.17 bits per heavy atom. The van der Waals surface area contributed by atoms with Gasteiger partial charge in [-0.3, -0.25) is 9.59 Å². The summed E-state index contributed by atoms with van der Waals surface area (Å²) in [5.74, 6) is -0.0144. The first-order valence-corrected chi connectivity index (χ1v) is 7.81. The maximum absolute atomic E-state index is 12.4. The summed E-state index contributed by atoms with van der Waals surface area (Å²) in [5, 5.41) is 2.93. The molecule has 118 valence electrons. The first-order chi connectivity index (χ1) is 11.0. The number of aryl methyl sites for hydroxylation is 2. The number of carbonyl (C=O) groups is 2. The molecular weight excluding hydrogens is 288 g/mol. The molecule has 0 bridgehead atoms. The summed E-state index contributed by atoms with van der Waals surface area (Å²) in [5.41, 5.74) is 5.39. The number of fused-ring (bicyclic) bond motifs is 1. The molecule has 0 spiro atoms. The van der Waals surface area contributed by atoms with Crippen LogP contribution in [0, 0.1) is 13.8 Å². The summed E-state index contributed by atoms with van der Waals surface area (Å²) in [6.45, 7) is 6.57. The van der Waals surface area contributed by atoms with Gasteiger partial charge in [0, 0.05) is 23.5 Å². The monoisotopic (exact) mass is 308 g/mol. The van der Waals surface area contributed by atoms with Crippen LogP contribution in [0.3, 0.4) is 0 Å². The van der Waals surface area contributed by atoms with Gasteiger partial charge in [0.05, 0.1) is 6.42 Å². The van der Waals surface area contributed by atoms with Crippen molar-refractivity contribution in [1.29, 1.82) is 0 Å². The van der Waals surface area contributed by atoms with Crippen LogP contribution in [0.25, 0.3) is 0 Å². The molecule has 4 heteroatoms. The smallest absolute Gasteiger partial charge is 0.255 e. The highest BCUT2D eigenvalue weighted by Crippen LogP contribution is 2.31. The molecule has 0 atom stereocenters. The second-order valence-corrected chi connectivity index (χ2v) is 5.93. The quantitative estimate of drug-likeness (QED) is 0.944. The van der Waals surface area contributed by atoms with Crippen LogP contribution in [-0.2, 0) is 11.2 Å². The van der Waals surface area contributed by atoms with Crippen LogP contribution in [0.5, 0.6) is 0 Å². The normalized spacial score (nSPS) is 13.2. The molecule has 0 unspecified atom stereocenters. The largest absolute Gasteiger partial charge is 0.322 e. The standard InChI is InChI=1S/C19H20N2O2/c1-4-21-17-8-6-15(10-14(17)11-18(21)22)20-19(23)16-7-5-12(2)9-13(16)3/h5-10H,4,11H2,1-3H3,(H,20,23). The minimum Gasteiger partial charge on any atom is -0.322 e. The van der Waals surface area contributed by atoms with Gasteiger partial charge in [-0.1, -0.05) is 17.7 Å². The Hall–Kier alpha value is -2.62. The summed E-state index contributed by atoms with van der Waals surface area (Å²) in [6, 6.07) is 11.4. The van der Waals surface area contributed by atoms with Crippen LogP contribution in [-0.4, -0.2) is 18.4 Å². The van der Waals surface area contributed by atoms with Crippen LogP contribution >= 0.6 is 0 Å². The summed E-state index contributed by atoms with van der Waals surface area (Å²) in [6.07, 6.45) is 0.399. The van der Waals surface area contributed by atoms with Crippen molar-refractivity contribution in [2.45, 2.75) is 27.2 Å². The van der Waals surface area contributed by atoms with E-state index in [1.165, 1.54) is 0 Å². The zero-order valence-corrected chi connectivity index (χ0v) is 13.6. The fourth-order valence-corrected chi connectivity index (χ4v) is 3.07. The molecule has 4 nitrogen and oxygen atoms in total. The van der Waals surface area contributed by atoms with Crippen molar-refractivity contribution in [2.24, 2.45) is 0 Å². The molecule has 0 fully saturated rings. The molecule has 2 aromatic rings. The third-order valence-corrected chi connectivity index (χ3v) is 4.21. The zero-order valence-electron chi connectivity index (χ0n) is 13.6. The lowest BCUT2D eigenvalue weighted by Crippen LogP contribution is -2.25. The number of amides is 2. The van der Waals surface area contributed by atoms with Gasteiger partial charge in [0.2, 0.25) is 5.91 Å². The van der Waals surface area contributed by atoms with Gasteiger partial charge in [-0.25, -0.2) is 0 Å². The molecule has 3 rings (SSSR count). The number of anilines is 2. The second-order valence-electron chi connectivity index (χ2n) is 5.93. The van der Waals surface area contributed by atoms with E-state index in [1.54, 1.807) is 4.90 Å². The maximum atomic E-state index is 12.4. The molecule has 1 aliphatic heterocycles. The second kappa shape index (κ2) is 5.88. The fraction of sp³-hybridized carbons (Fsp3) is 0.263. The molecule has 0 saturated heterocycles. The van der Waals surface area contributed by atoms with Crippen LogP contribution in [0.4, 0.5) is 11.4 Å². The van der Waals surface area contributed by atoms with Crippen LogP contribution in [0.2, 0.25) is 0 Å². The van der Waals surface area contributed by atoms with E-state index >= 15 is 0 Å². The molecule has 0 radical (unpaired) electrons. The predicted octanol–water partition coefficient (Wildman–Crippen LogP) is 3.46. The van der Waals surface area contributed by atoms with Crippen molar-refractivity contribution in [2.75, 3.05) is 16.8 Å². The van der Waals surface area contributed by atoms with Crippen molar-refractivity contribution in [3.63, 3.8) is 0 Å². The van der Waals surface area contributed by atoms with E-state index in [9.17, 15) is 9.59 Å². The van der Waals surface area contributed by atoms with E-state index in [0.717, 1.165) is 28.1 Å². The molecule has 1 heterocycles. The average Bonchev–Trinajstić information content (AvgIpc) is 2.81. The Balaban J connectivity index is 1.83. The van der Waals surface area contributed by atoms with Crippen molar-refractivity contribution < 1.29 is 9.59 Å². The Morgan fingerprint density at radius 2 is 1.96 bits per heavy atom. The summed E-state index contributed by atoms with van der Waals surface area (Å²) < 4.78 is 0. The van der Waals surface area contributed by atoms with Gasteiger partial charge < -0.3 is 10.2 Å². The van der Waals surface area contributed by atoms with Crippen molar-refractivity contribution in [1.82, 2.24) is 0 Å². The lowest BCUT2D eigenvalue weighted by molar-refractivity contribution is -0.117. The highest BCUT2D eigenvalue weighted by atomic mass is 16.2. The van der Waals surface area contributed by atoms with Crippen molar-refractivity contribution in [3.05, 3.63) is 58.7 Å². The van der Waals surface area contributed by atoms with Crippen molar-refractivity contribution >= 4 is 23.2 Å². The van der Waals surface area contributed by atoms with Gasteiger partial charge in [-0.2, -0.15) is 0 Å². The molecule has 2 amide bonds. The third kappa shape index (κ3) is 2.84. The number of carbonyl (C=O) groups excluding carboxylic acids is 2. The fourth-order valence-electron chi connectivity index (χ4n) is 3.07. The number of hydrogen-bond acceptors (Lipinski definition) is 2. The minimum atomic E-state index is -0.126. The summed E-state index contributed by atoms with van der Waals surface area (Å²) in [7, 11) is 0. The van der Waals surface area contributed by atoms with E-state index in [-0.39, 0.29) is 11.8 Å². The molecule has 0 saturated carbocycles. The Labute approximate surface area is 136 Å².